The van der Waals surface area contributed by atoms with E-state index in [1.165, 1.54) is 18.2 Å². The molecule has 0 unspecified atom stereocenters. The number of alkyl halides is 3. The molecule has 2 aromatic carbocycles. The number of nitrogens with zero attached hydrogens (tertiary/aromatic N) is 1. The Morgan fingerprint density at radius 1 is 1.03 bits per heavy atom. The summed E-state index contributed by atoms with van der Waals surface area (Å²) in [6.07, 6.45) is -4.80. The topological polar surface area (TPSA) is 73.1 Å². The van der Waals surface area contributed by atoms with E-state index in [0.29, 0.717) is 11.1 Å². The Balaban J connectivity index is 2.89. The molecular formula is C25H27F3N2O2. The number of hydrogen-bond acceptors (Lipinski definition) is 3. The molecule has 1 amide bonds. The summed E-state index contributed by atoms with van der Waals surface area (Å²) in [4.78, 5) is 12.1. The number of benzene rings is 2. The zero-order valence-electron chi connectivity index (χ0n) is 19.0. The highest BCUT2D eigenvalue weighted by Crippen LogP contribution is 2.46. The first-order valence-corrected chi connectivity index (χ1v) is 9.97. The lowest BCUT2D eigenvalue weighted by Crippen LogP contribution is -2.19. The molecule has 4 nitrogen and oxygen atoms in total. The van der Waals surface area contributed by atoms with E-state index in [1.54, 1.807) is 12.1 Å². The van der Waals surface area contributed by atoms with Crippen LogP contribution < -0.4 is 5.32 Å². The number of nitriles is 1. The van der Waals surface area contributed by atoms with Crippen molar-refractivity contribution in [3.05, 3.63) is 59.2 Å². The summed E-state index contributed by atoms with van der Waals surface area (Å²) in [6, 6.07) is 8.48. The predicted octanol–water partition coefficient (Wildman–Crippen LogP) is 6.69. The van der Waals surface area contributed by atoms with E-state index in [1.807, 2.05) is 41.5 Å². The van der Waals surface area contributed by atoms with Crippen LogP contribution in [0.5, 0.6) is 5.75 Å². The molecule has 0 heterocycles. The second-order valence-corrected chi connectivity index (χ2v) is 9.69. The number of carbonyl (C=O) groups excluding carboxylic acids is 1. The monoisotopic (exact) mass is 444 g/mol. The van der Waals surface area contributed by atoms with E-state index in [0.717, 1.165) is 6.07 Å². The summed E-state index contributed by atoms with van der Waals surface area (Å²) in [5.41, 5.74) is -1.93. The van der Waals surface area contributed by atoms with Crippen LogP contribution in [0.15, 0.2) is 42.5 Å². The van der Waals surface area contributed by atoms with Crippen molar-refractivity contribution in [2.45, 2.75) is 58.5 Å². The number of hydrogen-bond donors (Lipinski definition) is 2. The van der Waals surface area contributed by atoms with Gasteiger partial charge >= 0.3 is 6.18 Å². The SMILES string of the molecule is C=C(C#N)C(=O)Nc1cccc(-c2cc(C(C)(C)C)c(O)c(C(C)(C)C)c2)c1C(F)(F)F. The fourth-order valence-corrected chi connectivity index (χ4v) is 3.38. The second-order valence-electron chi connectivity index (χ2n) is 9.69. The minimum Gasteiger partial charge on any atom is -0.507 e. The molecule has 0 aliphatic heterocycles. The Morgan fingerprint density at radius 2 is 1.53 bits per heavy atom. The molecule has 2 N–H and O–H groups in total. The Labute approximate surface area is 186 Å². The van der Waals surface area contributed by atoms with E-state index in [9.17, 15) is 23.1 Å². The van der Waals surface area contributed by atoms with Gasteiger partial charge in [0.2, 0.25) is 0 Å². The van der Waals surface area contributed by atoms with Crippen LogP contribution in [0.1, 0.15) is 58.2 Å². The average molecular weight is 444 g/mol. The molecule has 0 aromatic heterocycles. The molecule has 2 aromatic rings. The molecule has 170 valence electrons. The summed E-state index contributed by atoms with van der Waals surface area (Å²) < 4.78 is 42.6. The van der Waals surface area contributed by atoms with Crippen molar-refractivity contribution in [3.8, 4) is 22.9 Å². The fourth-order valence-electron chi connectivity index (χ4n) is 3.38. The molecule has 0 aliphatic rings. The van der Waals surface area contributed by atoms with E-state index >= 15 is 0 Å². The third-order valence-electron chi connectivity index (χ3n) is 5.04. The van der Waals surface area contributed by atoms with E-state index in [-0.39, 0.29) is 16.9 Å². The summed E-state index contributed by atoms with van der Waals surface area (Å²) in [6.45, 7) is 14.5. The summed E-state index contributed by atoms with van der Waals surface area (Å²) >= 11 is 0. The lowest BCUT2D eigenvalue weighted by molar-refractivity contribution is -0.136. The van der Waals surface area contributed by atoms with Crippen molar-refractivity contribution in [2.75, 3.05) is 5.32 Å². The maximum Gasteiger partial charge on any atom is 0.419 e. The number of phenolic OH excluding ortho intramolecular Hbond substituents is 1. The molecule has 0 spiro atoms. The third kappa shape index (κ3) is 5.13. The third-order valence-corrected chi connectivity index (χ3v) is 5.04. The van der Waals surface area contributed by atoms with Gasteiger partial charge in [0, 0.05) is 11.1 Å². The highest BCUT2D eigenvalue weighted by atomic mass is 19.4. The maximum atomic E-state index is 14.2. The standard InChI is InChI=1S/C25H27F3N2O2/c1-14(13-29)22(32)30-19-10-8-9-16(20(19)25(26,27)28)15-11-17(23(2,3)4)21(31)18(12-15)24(5,6)7/h8-12,31H,1H2,2-7H3,(H,30,32). The van der Waals surface area contributed by atoms with Gasteiger partial charge in [0.1, 0.15) is 17.4 Å². The highest BCUT2D eigenvalue weighted by Gasteiger charge is 2.38. The summed E-state index contributed by atoms with van der Waals surface area (Å²) in [5, 5.41) is 21.9. The molecular weight excluding hydrogens is 417 g/mol. The number of carbonyl (C=O) groups is 1. The molecule has 2 rings (SSSR count). The van der Waals surface area contributed by atoms with Crippen LogP contribution >= 0.6 is 0 Å². The van der Waals surface area contributed by atoms with Gasteiger partial charge in [-0.15, -0.1) is 0 Å². The van der Waals surface area contributed by atoms with E-state index < -0.39 is 39.7 Å². The highest BCUT2D eigenvalue weighted by molar-refractivity contribution is 6.06. The first kappa shape index (κ1) is 25.0. The number of halogens is 3. The predicted molar refractivity (Wildman–Crippen MR) is 119 cm³/mol. The molecule has 0 radical (unpaired) electrons. The number of amides is 1. The van der Waals surface area contributed by atoms with Crippen molar-refractivity contribution in [1.82, 2.24) is 0 Å². The van der Waals surface area contributed by atoms with Gasteiger partial charge < -0.3 is 10.4 Å². The van der Waals surface area contributed by atoms with Crippen molar-refractivity contribution >= 4 is 11.6 Å². The first-order valence-electron chi connectivity index (χ1n) is 9.97. The van der Waals surface area contributed by atoms with Crippen LogP contribution in [-0.2, 0) is 21.8 Å². The molecule has 0 fully saturated rings. The van der Waals surface area contributed by atoms with Gasteiger partial charge in [-0.3, -0.25) is 4.79 Å². The molecule has 0 aliphatic carbocycles. The quantitative estimate of drug-likeness (QED) is 0.409. The zero-order valence-corrected chi connectivity index (χ0v) is 19.0. The van der Waals surface area contributed by atoms with Crippen molar-refractivity contribution in [3.63, 3.8) is 0 Å². The molecule has 0 atom stereocenters. The summed E-state index contributed by atoms with van der Waals surface area (Å²) in [5.74, 6) is -0.955. The van der Waals surface area contributed by atoms with Crippen LogP contribution in [0, 0.1) is 11.3 Å². The molecule has 7 heteroatoms. The molecule has 0 bridgehead atoms. The van der Waals surface area contributed by atoms with E-state index in [4.69, 9.17) is 5.26 Å². The Kier molecular flexibility index (Phi) is 6.52. The van der Waals surface area contributed by atoms with Crippen molar-refractivity contribution in [2.24, 2.45) is 0 Å². The lowest BCUT2D eigenvalue weighted by Gasteiger charge is -2.29. The van der Waals surface area contributed by atoms with Crippen molar-refractivity contribution < 1.29 is 23.1 Å². The van der Waals surface area contributed by atoms with Crippen LogP contribution in [0.2, 0.25) is 0 Å². The smallest absolute Gasteiger partial charge is 0.419 e. The Bertz CT molecular complexity index is 1080. The second kappa shape index (κ2) is 8.34. The van der Waals surface area contributed by atoms with Gasteiger partial charge in [-0.1, -0.05) is 60.3 Å². The van der Waals surface area contributed by atoms with Gasteiger partial charge in [0.05, 0.1) is 11.3 Å². The summed E-state index contributed by atoms with van der Waals surface area (Å²) in [7, 11) is 0. The van der Waals surface area contributed by atoms with Crippen LogP contribution in [0.3, 0.4) is 0 Å². The van der Waals surface area contributed by atoms with Crippen LogP contribution in [0.25, 0.3) is 11.1 Å². The number of phenols is 1. The van der Waals surface area contributed by atoms with Gasteiger partial charge in [-0.25, -0.2) is 0 Å². The van der Waals surface area contributed by atoms with Crippen LogP contribution in [0.4, 0.5) is 18.9 Å². The normalized spacial score (nSPS) is 12.2. The Morgan fingerprint density at radius 3 is 1.94 bits per heavy atom. The van der Waals surface area contributed by atoms with Crippen LogP contribution in [-0.4, -0.2) is 11.0 Å². The molecule has 0 saturated heterocycles. The fraction of sp³-hybridized carbons (Fsp3) is 0.360. The van der Waals surface area contributed by atoms with Gasteiger partial charge in [-0.05, 0) is 40.2 Å². The minimum atomic E-state index is -4.80. The number of aromatic hydroxyl groups is 1. The number of anilines is 1. The lowest BCUT2D eigenvalue weighted by atomic mass is 9.77. The largest absolute Gasteiger partial charge is 0.507 e. The average Bonchev–Trinajstić information content (AvgIpc) is 2.64. The van der Waals surface area contributed by atoms with Gasteiger partial charge in [-0.2, -0.15) is 18.4 Å². The minimum absolute atomic E-state index is 0.0529. The number of nitrogens with one attached hydrogen (secondary N) is 1. The zero-order chi connectivity index (χ0) is 24.6. The van der Waals surface area contributed by atoms with E-state index in [2.05, 4.69) is 11.9 Å². The maximum absolute atomic E-state index is 14.2. The van der Waals surface area contributed by atoms with Gasteiger partial charge in [0.15, 0.2) is 0 Å². The molecule has 32 heavy (non-hydrogen) atoms. The van der Waals surface area contributed by atoms with Gasteiger partial charge in [0.25, 0.3) is 5.91 Å². The molecule has 0 saturated carbocycles. The number of rotatable bonds is 3. The van der Waals surface area contributed by atoms with Crippen molar-refractivity contribution in [1.29, 1.82) is 5.26 Å². The Hall–Kier alpha value is -3.27. The first-order chi connectivity index (χ1) is 14.5.